The first kappa shape index (κ1) is 15.7. The Bertz CT molecular complexity index is 541. The number of nitrogens with zero attached hydrogens (tertiary/aromatic N) is 1. The second-order valence-electron chi connectivity index (χ2n) is 6.02. The SMILES string of the molecule is Cc1cc(C)cc(CNCC(c2ccccc2)N(C)C)c1. The lowest BCUT2D eigenvalue weighted by Gasteiger charge is -2.25. The molecule has 112 valence electrons. The molecule has 1 unspecified atom stereocenters. The van der Waals surface area contributed by atoms with Crippen LogP contribution >= 0.6 is 0 Å². The lowest BCUT2D eigenvalue weighted by molar-refractivity contribution is 0.288. The van der Waals surface area contributed by atoms with E-state index in [4.69, 9.17) is 0 Å². The van der Waals surface area contributed by atoms with Crippen molar-refractivity contribution in [1.29, 1.82) is 0 Å². The van der Waals surface area contributed by atoms with E-state index < -0.39 is 0 Å². The van der Waals surface area contributed by atoms with E-state index in [0.29, 0.717) is 6.04 Å². The van der Waals surface area contributed by atoms with E-state index in [0.717, 1.165) is 13.1 Å². The summed E-state index contributed by atoms with van der Waals surface area (Å²) in [5, 5.41) is 3.59. The zero-order valence-electron chi connectivity index (χ0n) is 13.6. The number of hydrogen-bond donors (Lipinski definition) is 1. The van der Waals surface area contributed by atoms with Crippen molar-refractivity contribution < 1.29 is 0 Å². The Morgan fingerprint density at radius 2 is 1.57 bits per heavy atom. The molecule has 0 fully saturated rings. The molecule has 0 saturated heterocycles. The normalized spacial score (nSPS) is 12.6. The Morgan fingerprint density at radius 3 is 2.14 bits per heavy atom. The molecule has 0 aromatic heterocycles. The molecule has 21 heavy (non-hydrogen) atoms. The monoisotopic (exact) mass is 282 g/mol. The molecule has 2 heteroatoms. The van der Waals surface area contributed by atoms with Crippen LogP contribution in [0, 0.1) is 13.8 Å². The first-order chi connectivity index (χ1) is 10.1. The molecule has 0 saturated carbocycles. The molecule has 0 amide bonds. The van der Waals surface area contributed by atoms with Gasteiger partial charge in [-0.2, -0.15) is 0 Å². The fourth-order valence-corrected chi connectivity index (χ4v) is 2.80. The van der Waals surface area contributed by atoms with E-state index in [-0.39, 0.29) is 0 Å². The molecule has 0 aliphatic rings. The summed E-state index contributed by atoms with van der Waals surface area (Å²) < 4.78 is 0. The average Bonchev–Trinajstić information content (AvgIpc) is 2.43. The van der Waals surface area contributed by atoms with Crippen molar-refractivity contribution in [3.05, 3.63) is 70.8 Å². The van der Waals surface area contributed by atoms with Crippen LogP contribution in [0.5, 0.6) is 0 Å². The number of benzene rings is 2. The minimum absolute atomic E-state index is 0.400. The van der Waals surface area contributed by atoms with Gasteiger partial charge in [-0.15, -0.1) is 0 Å². The summed E-state index contributed by atoms with van der Waals surface area (Å²) in [6, 6.07) is 17.8. The second kappa shape index (κ2) is 7.39. The van der Waals surface area contributed by atoms with E-state index in [1.807, 2.05) is 0 Å². The van der Waals surface area contributed by atoms with Gasteiger partial charge < -0.3 is 10.2 Å². The molecular formula is C19H26N2. The van der Waals surface area contributed by atoms with Crippen LogP contribution in [0.2, 0.25) is 0 Å². The van der Waals surface area contributed by atoms with Gasteiger partial charge in [0.05, 0.1) is 0 Å². The van der Waals surface area contributed by atoms with Gasteiger partial charge in [-0.05, 0) is 39.1 Å². The van der Waals surface area contributed by atoms with E-state index in [9.17, 15) is 0 Å². The van der Waals surface area contributed by atoms with E-state index in [2.05, 4.69) is 86.7 Å². The van der Waals surface area contributed by atoms with E-state index >= 15 is 0 Å². The predicted octanol–water partition coefficient (Wildman–Crippen LogP) is 3.70. The number of nitrogens with one attached hydrogen (secondary N) is 1. The molecule has 0 aliphatic heterocycles. The van der Waals surface area contributed by atoms with Crippen LogP contribution in [0.15, 0.2) is 48.5 Å². The average molecular weight is 282 g/mol. The molecular weight excluding hydrogens is 256 g/mol. The van der Waals surface area contributed by atoms with Crippen molar-refractivity contribution in [3.63, 3.8) is 0 Å². The van der Waals surface area contributed by atoms with Gasteiger partial charge >= 0.3 is 0 Å². The zero-order chi connectivity index (χ0) is 15.2. The second-order valence-corrected chi connectivity index (χ2v) is 6.02. The molecule has 1 atom stereocenters. The minimum atomic E-state index is 0.400. The Hall–Kier alpha value is -1.64. The fourth-order valence-electron chi connectivity index (χ4n) is 2.80. The number of likely N-dealkylation sites (N-methyl/N-ethyl adjacent to an activating group) is 1. The summed E-state index contributed by atoms with van der Waals surface area (Å²) in [6.07, 6.45) is 0. The van der Waals surface area contributed by atoms with Gasteiger partial charge in [-0.1, -0.05) is 59.7 Å². The molecule has 2 nitrogen and oxygen atoms in total. The molecule has 0 bridgehead atoms. The third kappa shape index (κ3) is 4.69. The molecule has 2 aromatic rings. The summed E-state index contributed by atoms with van der Waals surface area (Å²) in [5.74, 6) is 0. The molecule has 2 aromatic carbocycles. The third-order valence-electron chi connectivity index (χ3n) is 3.76. The van der Waals surface area contributed by atoms with E-state index in [1.165, 1.54) is 22.3 Å². The van der Waals surface area contributed by atoms with Gasteiger partial charge in [0.1, 0.15) is 0 Å². The van der Waals surface area contributed by atoms with Crippen LogP contribution < -0.4 is 5.32 Å². The van der Waals surface area contributed by atoms with Crippen molar-refractivity contribution in [1.82, 2.24) is 10.2 Å². The summed E-state index contributed by atoms with van der Waals surface area (Å²) >= 11 is 0. The minimum Gasteiger partial charge on any atom is -0.311 e. The maximum Gasteiger partial charge on any atom is 0.0466 e. The highest BCUT2D eigenvalue weighted by Gasteiger charge is 2.12. The van der Waals surface area contributed by atoms with Crippen molar-refractivity contribution in [2.45, 2.75) is 26.4 Å². The van der Waals surface area contributed by atoms with Gasteiger partial charge in [0.25, 0.3) is 0 Å². The van der Waals surface area contributed by atoms with Crippen molar-refractivity contribution in [2.75, 3.05) is 20.6 Å². The molecule has 0 spiro atoms. The molecule has 1 N–H and O–H groups in total. The highest BCUT2D eigenvalue weighted by molar-refractivity contribution is 5.28. The van der Waals surface area contributed by atoms with Gasteiger partial charge in [0.2, 0.25) is 0 Å². The first-order valence-corrected chi connectivity index (χ1v) is 7.55. The van der Waals surface area contributed by atoms with Gasteiger partial charge in [0.15, 0.2) is 0 Å². The number of hydrogen-bond acceptors (Lipinski definition) is 2. The summed E-state index contributed by atoms with van der Waals surface area (Å²) in [6.45, 7) is 6.18. The molecule has 2 rings (SSSR count). The van der Waals surface area contributed by atoms with Gasteiger partial charge in [0, 0.05) is 19.1 Å². The van der Waals surface area contributed by atoms with Gasteiger partial charge in [-0.3, -0.25) is 0 Å². The summed E-state index contributed by atoms with van der Waals surface area (Å²) in [5.41, 5.74) is 5.38. The van der Waals surface area contributed by atoms with Crippen LogP contribution in [0.4, 0.5) is 0 Å². The fraction of sp³-hybridized carbons (Fsp3) is 0.368. The van der Waals surface area contributed by atoms with Crippen molar-refractivity contribution in [2.24, 2.45) is 0 Å². The lowest BCUT2D eigenvalue weighted by atomic mass is 10.1. The Balaban J connectivity index is 1.97. The van der Waals surface area contributed by atoms with Crippen molar-refractivity contribution in [3.8, 4) is 0 Å². The quantitative estimate of drug-likeness (QED) is 0.869. The van der Waals surface area contributed by atoms with Gasteiger partial charge in [-0.25, -0.2) is 0 Å². The van der Waals surface area contributed by atoms with Crippen LogP contribution in [-0.4, -0.2) is 25.5 Å². The predicted molar refractivity (Wildman–Crippen MR) is 90.5 cm³/mol. The number of rotatable bonds is 6. The van der Waals surface area contributed by atoms with Crippen LogP contribution in [-0.2, 0) is 6.54 Å². The lowest BCUT2D eigenvalue weighted by Crippen LogP contribution is -2.30. The Kier molecular flexibility index (Phi) is 5.54. The Morgan fingerprint density at radius 1 is 0.952 bits per heavy atom. The largest absolute Gasteiger partial charge is 0.311 e. The standard InChI is InChI=1S/C19H26N2/c1-15-10-16(2)12-17(11-15)13-20-14-19(21(3)4)18-8-6-5-7-9-18/h5-12,19-20H,13-14H2,1-4H3. The van der Waals surface area contributed by atoms with E-state index in [1.54, 1.807) is 0 Å². The van der Waals surface area contributed by atoms with Crippen molar-refractivity contribution >= 4 is 0 Å². The summed E-state index contributed by atoms with van der Waals surface area (Å²) in [7, 11) is 4.27. The van der Waals surface area contributed by atoms with Crippen LogP contribution in [0.3, 0.4) is 0 Å². The maximum absolute atomic E-state index is 3.59. The topological polar surface area (TPSA) is 15.3 Å². The molecule has 0 aliphatic carbocycles. The smallest absolute Gasteiger partial charge is 0.0466 e. The Labute approximate surface area is 128 Å². The maximum atomic E-state index is 3.59. The highest BCUT2D eigenvalue weighted by Crippen LogP contribution is 2.17. The highest BCUT2D eigenvalue weighted by atomic mass is 15.1. The van der Waals surface area contributed by atoms with Crippen LogP contribution in [0.1, 0.15) is 28.3 Å². The van der Waals surface area contributed by atoms with Crippen LogP contribution in [0.25, 0.3) is 0 Å². The zero-order valence-corrected chi connectivity index (χ0v) is 13.6. The first-order valence-electron chi connectivity index (χ1n) is 7.55. The molecule has 0 heterocycles. The molecule has 0 radical (unpaired) electrons. The summed E-state index contributed by atoms with van der Waals surface area (Å²) in [4.78, 5) is 2.27. The third-order valence-corrected chi connectivity index (χ3v) is 3.76. The number of aryl methyl sites for hydroxylation is 2.